The van der Waals surface area contributed by atoms with Gasteiger partial charge in [0.2, 0.25) is 0 Å². The minimum Gasteiger partial charge on any atom is -0.508 e. The quantitative estimate of drug-likeness (QED) is 0.872. The fourth-order valence-corrected chi connectivity index (χ4v) is 1.70. The summed E-state index contributed by atoms with van der Waals surface area (Å²) in [6.07, 6.45) is -7.14. The second-order valence-corrected chi connectivity index (χ2v) is 4.11. The highest BCUT2D eigenvalue weighted by atomic mass is 19.4. The predicted molar refractivity (Wildman–Crippen MR) is 64.6 cm³/mol. The van der Waals surface area contributed by atoms with E-state index < -0.39 is 12.3 Å². The van der Waals surface area contributed by atoms with Gasteiger partial charge in [-0.3, -0.25) is 0 Å². The highest BCUT2D eigenvalue weighted by molar-refractivity contribution is 5.64. The van der Waals surface area contributed by atoms with Gasteiger partial charge in [-0.25, -0.2) is 0 Å². The molecule has 0 spiro atoms. The van der Waals surface area contributed by atoms with Gasteiger partial charge in [0.15, 0.2) is 6.10 Å². The Hall–Kier alpha value is -2.01. The molecule has 2 rings (SSSR count). The fraction of sp³-hybridized carbons (Fsp3) is 0.143. The van der Waals surface area contributed by atoms with Crippen LogP contribution < -0.4 is 0 Å². The number of phenols is 1. The first-order valence-electron chi connectivity index (χ1n) is 5.52. The molecular formula is C14H11F3O2. The molecule has 2 aromatic carbocycles. The maximum Gasteiger partial charge on any atom is 0.418 e. The van der Waals surface area contributed by atoms with Gasteiger partial charge in [-0.05, 0) is 28.8 Å². The second kappa shape index (κ2) is 4.93. The average Bonchev–Trinajstić information content (AvgIpc) is 2.38. The molecule has 0 aromatic heterocycles. The Morgan fingerprint density at radius 1 is 0.789 bits per heavy atom. The summed E-state index contributed by atoms with van der Waals surface area (Å²) in [5.41, 5.74) is 1.28. The third-order valence-corrected chi connectivity index (χ3v) is 2.74. The number of alkyl halides is 3. The summed E-state index contributed by atoms with van der Waals surface area (Å²) in [5.74, 6) is 0.118. The van der Waals surface area contributed by atoms with E-state index >= 15 is 0 Å². The molecule has 0 aliphatic rings. The van der Waals surface area contributed by atoms with Crippen molar-refractivity contribution in [3.05, 3.63) is 54.1 Å². The zero-order valence-electron chi connectivity index (χ0n) is 9.72. The number of hydrogen-bond acceptors (Lipinski definition) is 2. The van der Waals surface area contributed by atoms with E-state index in [2.05, 4.69) is 0 Å². The molecule has 0 saturated carbocycles. The number of hydrogen-bond donors (Lipinski definition) is 2. The maximum absolute atomic E-state index is 12.3. The largest absolute Gasteiger partial charge is 0.508 e. The molecule has 5 heteroatoms. The van der Waals surface area contributed by atoms with Gasteiger partial charge in [0.1, 0.15) is 5.75 Å². The van der Waals surface area contributed by atoms with Crippen molar-refractivity contribution < 1.29 is 23.4 Å². The van der Waals surface area contributed by atoms with Crippen LogP contribution in [0.4, 0.5) is 13.2 Å². The monoisotopic (exact) mass is 268 g/mol. The molecule has 2 aromatic rings. The standard InChI is InChI=1S/C14H11F3O2/c15-14(16,17)13(19)11-3-1-9(2-4-11)10-5-7-12(18)8-6-10/h1-8,13,18-19H/t13-/m1/s1. The van der Waals surface area contributed by atoms with Crippen LogP contribution in [0.25, 0.3) is 11.1 Å². The highest BCUT2D eigenvalue weighted by Crippen LogP contribution is 2.33. The summed E-state index contributed by atoms with van der Waals surface area (Å²) < 4.78 is 37.0. The van der Waals surface area contributed by atoms with Crippen LogP contribution >= 0.6 is 0 Å². The molecule has 1 atom stereocenters. The normalized spacial score (nSPS) is 13.3. The van der Waals surface area contributed by atoms with Gasteiger partial charge < -0.3 is 10.2 Å². The van der Waals surface area contributed by atoms with Crippen molar-refractivity contribution in [2.24, 2.45) is 0 Å². The maximum atomic E-state index is 12.3. The molecule has 2 N–H and O–H groups in total. The van der Waals surface area contributed by atoms with Gasteiger partial charge in [0.05, 0.1) is 0 Å². The van der Waals surface area contributed by atoms with E-state index in [-0.39, 0.29) is 11.3 Å². The van der Waals surface area contributed by atoms with Gasteiger partial charge in [-0.2, -0.15) is 13.2 Å². The van der Waals surface area contributed by atoms with Gasteiger partial charge in [0, 0.05) is 0 Å². The third-order valence-electron chi connectivity index (χ3n) is 2.74. The topological polar surface area (TPSA) is 40.5 Å². The van der Waals surface area contributed by atoms with E-state index in [9.17, 15) is 13.2 Å². The second-order valence-electron chi connectivity index (χ2n) is 4.11. The number of halogens is 3. The van der Waals surface area contributed by atoms with Gasteiger partial charge in [-0.1, -0.05) is 36.4 Å². The molecule has 0 heterocycles. The van der Waals surface area contributed by atoms with E-state index in [1.54, 1.807) is 12.1 Å². The van der Waals surface area contributed by atoms with Crippen molar-refractivity contribution in [2.75, 3.05) is 0 Å². The first-order chi connectivity index (χ1) is 8.88. The summed E-state index contributed by atoms with van der Waals surface area (Å²) in [6, 6.07) is 11.8. The lowest BCUT2D eigenvalue weighted by Crippen LogP contribution is -2.19. The summed E-state index contributed by atoms with van der Waals surface area (Å²) in [6.45, 7) is 0. The fourth-order valence-electron chi connectivity index (χ4n) is 1.70. The van der Waals surface area contributed by atoms with Crippen LogP contribution in [0.3, 0.4) is 0 Å². The zero-order chi connectivity index (χ0) is 14.0. The van der Waals surface area contributed by atoms with Crippen LogP contribution in [0.5, 0.6) is 5.75 Å². The lowest BCUT2D eigenvalue weighted by Gasteiger charge is -2.15. The highest BCUT2D eigenvalue weighted by Gasteiger charge is 2.39. The van der Waals surface area contributed by atoms with Crippen molar-refractivity contribution >= 4 is 0 Å². The van der Waals surface area contributed by atoms with E-state index in [0.717, 1.165) is 5.56 Å². The predicted octanol–water partition coefficient (Wildman–Crippen LogP) is 3.65. The Labute approximate surface area is 107 Å². The third kappa shape index (κ3) is 3.06. The number of aliphatic hydroxyl groups excluding tert-OH is 1. The summed E-state index contributed by atoms with van der Waals surface area (Å²) in [5, 5.41) is 18.2. The Morgan fingerprint density at radius 3 is 1.63 bits per heavy atom. The number of benzene rings is 2. The number of aliphatic hydroxyl groups is 1. The molecule has 0 aliphatic carbocycles. The SMILES string of the molecule is Oc1ccc(-c2ccc([C@@H](O)C(F)(F)F)cc2)cc1. The van der Waals surface area contributed by atoms with Crippen LogP contribution in [0.1, 0.15) is 11.7 Å². The van der Waals surface area contributed by atoms with Crippen molar-refractivity contribution in [1.29, 1.82) is 0 Å². The summed E-state index contributed by atoms with van der Waals surface area (Å²) in [4.78, 5) is 0. The molecule has 0 radical (unpaired) electrons. The summed E-state index contributed by atoms with van der Waals surface area (Å²) in [7, 11) is 0. The molecule has 2 nitrogen and oxygen atoms in total. The Bertz CT molecular complexity index is 544. The molecule has 0 unspecified atom stereocenters. The van der Waals surface area contributed by atoms with Crippen LogP contribution in [-0.4, -0.2) is 16.4 Å². The van der Waals surface area contributed by atoms with Crippen LogP contribution in [-0.2, 0) is 0 Å². The first kappa shape index (κ1) is 13.4. The Kier molecular flexibility index (Phi) is 3.48. The smallest absolute Gasteiger partial charge is 0.418 e. The van der Waals surface area contributed by atoms with Crippen LogP contribution in [0.15, 0.2) is 48.5 Å². The number of phenolic OH excluding ortho intramolecular Hbond substituents is 1. The number of rotatable bonds is 2. The lowest BCUT2D eigenvalue weighted by molar-refractivity contribution is -0.206. The van der Waals surface area contributed by atoms with Crippen LogP contribution in [0.2, 0.25) is 0 Å². The molecule has 0 aliphatic heterocycles. The number of aromatic hydroxyl groups is 1. The molecular weight excluding hydrogens is 257 g/mol. The van der Waals surface area contributed by atoms with Gasteiger partial charge in [-0.15, -0.1) is 0 Å². The molecule has 0 amide bonds. The van der Waals surface area contributed by atoms with Crippen molar-refractivity contribution in [3.63, 3.8) is 0 Å². The molecule has 0 saturated heterocycles. The lowest BCUT2D eigenvalue weighted by atomic mass is 10.0. The zero-order valence-corrected chi connectivity index (χ0v) is 9.72. The van der Waals surface area contributed by atoms with E-state index in [1.165, 1.54) is 36.4 Å². The average molecular weight is 268 g/mol. The minimum atomic E-state index is -4.67. The van der Waals surface area contributed by atoms with Gasteiger partial charge >= 0.3 is 6.18 Å². The van der Waals surface area contributed by atoms with Crippen molar-refractivity contribution in [1.82, 2.24) is 0 Å². The van der Waals surface area contributed by atoms with Gasteiger partial charge in [0.25, 0.3) is 0 Å². The Balaban J connectivity index is 2.26. The molecule has 0 bridgehead atoms. The molecule has 0 fully saturated rings. The van der Waals surface area contributed by atoms with E-state index in [4.69, 9.17) is 10.2 Å². The Morgan fingerprint density at radius 2 is 1.21 bits per heavy atom. The van der Waals surface area contributed by atoms with Crippen LogP contribution in [0, 0.1) is 0 Å². The van der Waals surface area contributed by atoms with Crippen molar-refractivity contribution in [3.8, 4) is 16.9 Å². The summed E-state index contributed by atoms with van der Waals surface area (Å²) >= 11 is 0. The molecule has 100 valence electrons. The van der Waals surface area contributed by atoms with E-state index in [0.29, 0.717) is 5.56 Å². The minimum absolute atomic E-state index is 0.118. The van der Waals surface area contributed by atoms with E-state index in [1.807, 2.05) is 0 Å². The first-order valence-corrected chi connectivity index (χ1v) is 5.52. The van der Waals surface area contributed by atoms with Crippen molar-refractivity contribution in [2.45, 2.75) is 12.3 Å². The molecule has 19 heavy (non-hydrogen) atoms.